The van der Waals surface area contributed by atoms with E-state index in [4.69, 9.17) is 0 Å². The van der Waals surface area contributed by atoms with E-state index >= 15 is 0 Å². The average Bonchev–Trinajstić information content (AvgIpc) is 2.75. The summed E-state index contributed by atoms with van der Waals surface area (Å²) in [6.07, 6.45) is 1.24. The summed E-state index contributed by atoms with van der Waals surface area (Å²) < 4.78 is 0. The second-order valence-corrected chi connectivity index (χ2v) is 7.32. The Morgan fingerprint density at radius 1 is 1.33 bits per heavy atom. The van der Waals surface area contributed by atoms with Gasteiger partial charge in [-0.15, -0.1) is 11.3 Å². The molecule has 1 N–H and O–H groups in total. The third-order valence-corrected chi connectivity index (χ3v) is 5.59. The topological polar surface area (TPSA) is 49.4 Å². The average molecular weight is 308 g/mol. The smallest absolute Gasteiger partial charge is 0.249 e. The van der Waals surface area contributed by atoms with Crippen LogP contribution in [0.2, 0.25) is 0 Å². The van der Waals surface area contributed by atoms with Crippen molar-refractivity contribution in [1.82, 2.24) is 10.2 Å². The van der Waals surface area contributed by atoms with Gasteiger partial charge in [-0.25, -0.2) is 0 Å². The molecule has 2 unspecified atom stereocenters. The first-order valence-corrected chi connectivity index (χ1v) is 8.33. The standard InChI is InChI=1S/C16H24N2O2S/c1-6-13-14(19)17-16(5,7-2)15(20)18(13)9-12-8-10(3)11(4)21-12/h8,13H,6-7,9H2,1-5H3,(H,17,19). The first kappa shape index (κ1) is 16.0. The third-order valence-electron chi connectivity index (χ3n) is 4.45. The predicted molar refractivity (Wildman–Crippen MR) is 85.3 cm³/mol. The number of piperazine rings is 1. The number of amides is 2. The summed E-state index contributed by atoms with van der Waals surface area (Å²) >= 11 is 1.71. The van der Waals surface area contributed by atoms with Crippen molar-refractivity contribution in [2.45, 2.75) is 65.6 Å². The summed E-state index contributed by atoms with van der Waals surface area (Å²) in [5.74, 6) is -0.00777. The fourth-order valence-electron chi connectivity index (χ4n) is 2.73. The van der Waals surface area contributed by atoms with Gasteiger partial charge in [0.1, 0.15) is 11.6 Å². The first-order chi connectivity index (χ1) is 9.82. The van der Waals surface area contributed by atoms with E-state index in [1.54, 1.807) is 16.2 Å². The van der Waals surface area contributed by atoms with Crippen molar-refractivity contribution in [2.75, 3.05) is 0 Å². The Hall–Kier alpha value is -1.36. The third kappa shape index (κ3) is 2.84. The Labute approximate surface area is 130 Å². The normalized spacial score (nSPS) is 26.1. The van der Waals surface area contributed by atoms with Gasteiger partial charge in [0, 0.05) is 9.75 Å². The molecule has 2 atom stereocenters. The number of carbonyl (C=O) groups is 2. The molecule has 21 heavy (non-hydrogen) atoms. The van der Waals surface area contributed by atoms with Gasteiger partial charge < -0.3 is 10.2 Å². The molecule has 2 amide bonds. The van der Waals surface area contributed by atoms with Crippen LogP contribution in [0.15, 0.2) is 6.07 Å². The maximum absolute atomic E-state index is 12.8. The highest BCUT2D eigenvalue weighted by molar-refractivity contribution is 7.12. The first-order valence-electron chi connectivity index (χ1n) is 7.51. The molecule has 1 aliphatic rings. The van der Waals surface area contributed by atoms with Crippen molar-refractivity contribution >= 4 is 23.2 Å². The molecule has 0 spiro atoms. The maximum Gasteiger partial charge on any atom is 0.249 e. The molecule has 2 rings (SSSR count). The zero-order valence-electron chi connectivity index (χ0n) is 13.4. The summed E-state index contributed by atoms with van der Waals surface area (Å²) in [6, 6.07) is 1.76. The molecule has 0 bridgehead atoms. The van der Waals surface area contributed by atoms with Gasteiger partial charge in [0.15, 0.2) is 0 Å². The summed E-state index contributed by atoms with van der Waals surface area (Å²) in [5.41, 5.74) is 0.472. The molecule has 0 radical (unpaired) electrons. The minimum atomic E-state index is -0.774. The van der Waals surface area contributed by atoms with Crippen molar-refractivity contribution in [2.24, 2.45) is 0 Å². The molecule has 1 aliphatic heterocycles. The van der Waals surface area contributed by atoms with E-state index in [0.717, 1.165) is 4.88 Å². The van der Waals surface area contributed by atoms with E-state index in [2.05, 4.69) is 25.2 Å². The lowest BCUT2D eigenvalue weighted by Crippen LogP contribution is -2.68. The Kier molecular flexibility index (Phi) is 4.42. The van der Waals surface area contributed by atoms with Gasteiger partial charge >= 0.3 is 0 Å². The SMILES string of the molecule is CCC1C(=O)NC(C)(CC)C(=O)N1Cc1cc(C)c(C)s1. The Balaban J connectivity index is 2.31. The minimum absolute atomic E-state index is 0.0279. The Bertz CT molecular complexity index is 547. The van der Waals surface area contributed by atoms with Crippen LogP contribution in [-0.2, 0) is 16.1 Å². The molecule has 5 heteroatoms. The number of nitrogens with one attached hydrogen (secondary N) is 1. The van der Waals surface area contributed by atoms with E-state index < -0.39 is 5.54 Å². The lowest BCUT2D eigenvalue weighted by molar-refractivity contribution is -0.155. The van der Waals surface area contributed by atoms with Crippen LogP contribution in [0, 0.1) is 13.8 Å². The van der Waals surface area contributed by atoms with Gasteiger partial charge in [-0.2, -0.15) is 0 Å². The molecule has 0 aromatic carbocycles. The fraction of sp³-hybridized carbons (Fsp3) is 0.625. The van der Waals surface area contributed by atoms with Gasteiger partial charge in [-0.1, -0.05) is 13.8 Å². The molecule has 1 fully saturated rings. The summed E-state index contributed by atoms with van der Waals surface area (Å²) in [7, 11) is 0. The van der Waals surface area contributed by atoms with E-state index in [1.807, 2.05) is 20.8 Å². The highest BCUT2D eigenvalue weighted by atomic mass is 32.1. The number of carbonyl (C=O) groups excluding carboxylic acids is 2. The van der Waals surface area contributed by atoms with Crippen molar-refractivity contribution < 1.29 is 9.59 Å². The van der Waals surface area contributed by atoms with Crippen LogP contribution in [0.25, 0.3) is 0 Å². The molecule has 1 aromatic rings. The van der Waals surface area contributed by atoms with Crippen LogP contribution < -0.4 is 5.32 Å². The van der Waals surface area contributed by atoms with Crippen LogP contribution in [0.3, 0.4) is 0 Å². The second-order valence-electron chi connectivity index (χ2n) is 5.98. The van der Waals surface area contributed by atoms with Gasteiger partial charge in [-0.05, 0) is 45.2 Å². The Morgan fingerprint density at radius 2 is 2.00 bits per heavy atom. The predicted octanol–water partition coefficient (Wildman–Crippen LogP) is 2.77. The maximum atomic E-state index is 12.8. The summed E-state index contributed by atoms with van der Waals surface area (Å²) in [4.78, 5) is 29.3. The molecule has 2 heterocycles. The fourth-order valence-corrected chi connectivity index (χ4v) is 3.78. The molecule has 4 nitrogen and oxygen atoms in total. The second kappa shape index (κ2) is 5.79. The molecule has 0 saturated carbocycles. The summed E-state index contributed by atoms with van der Waals surface area (Å²) in [6.45, 7) is 10.4. The number of hydrogen-bond donors (Lipinski definition) is 1. The molecular formula is C16H24N2O2S. The lowest BCUT2D eigenvalue weighted by atomic mass is 9.91. The zero-order chi connectivity index (χ0) is 15.8. The van der Waals surface area contributed by atoms with Crippen LogP contribution in [0.5, 0.6) is 0 Å². The van der Waals surface area contributed by atoms with E-state index in [0.29, 0.717) is 19.4 Å². The largest absolute Gasteiger partial charge is 0.340 e. The van der Waals surface area contributed by atoms with E-state index in [1.165, 1.54) is 10.4 Å². The summed E-state index contributed by atoms with van der Waals surface area (Å²) in [5, 5.41) is 2.90. The van der Waals surface area contributed by atoms with Crippen LogP contribution >= 0.6 is 11.3 Å². The number of nitrogens with zero attached hydrogens (tertiary/aromatic N) is 1. The van der Waals surface area contributed by atoms with Gasteiger partial charge in [0.05, 0.1) is 6.54 Å². The monoisotopic (exact) mass is 308 g/mol. The Morgan fingerprint density at radius 3 is 2.48 bits per heavy atom. The van der Waals surface area contributed by atoms with Crippen LogP contribution in [-0.4, -0.2) is 28.3 Å². The van der Waals surface area contributed by atoms with Crippen molar-refractivity contribution in [3.05, 3.63) is 21.4 Å². The van der Waals surface area contributed by atoms with Gasteiger partial charge in [0.2, 0.25) is 11.8 Å². The van der Waals surface area contributed by atoms with Crippen LogP contribution in [0.1, 0.15) is 48.9 Å². The van der Waals surface area contributed by atoms with Gasteiger partial charge in [0.25, 0.3) is 0 Å². The number of aryl methyl sites for hydroxylation is 2. The van der Waals surface area contributed by atoms with Gasteiger partial charge in [-0.3, -0.25) is 9.59 Å². The lowest BCUT2D eigenvalue weighted by Gasteiger charge is -2.43. The highest BCUT2D eigenvalue weighted by Crippen LogP contribution is 2.28. The van der Waals surface area contributed by atoms with E-state index in [-0.39, 0.29) is 17.9 Å². The number of rotatable bonds is 4. The molecule has 0 aliphatic carbocycles. The van der Waals surface area contributed by atoms with Crippen molar-refractivity contribution in [3.8, 4) is 0 Å². The van der Waals surface area contributed by atoms with Crippen LogP contribution in [0.4, 0.5) is 0 Å². The molecule has 1 saturated heterocycles. The number of hydrogen-bond acceptors (Lipinski definition) is 3. The molecular weight excluding hydrogens is 284 g/mol. The molecule has 1 aromatic heterocycles. The van der Waals surface area contributed by atoms with Crippen molar-refractivity contribution in [3.63, 3.8) is 0 Å². The van der Waals surface area contributed by atoms with Crippen molar-refractivity contribution in [1.29, 1.82) is 0 Å². The highest BCUT2D eigenvalue weighted by Gasteiger charge is 2.46. The van der Waals surface area contributed by atoms with E-state index in [9.17, 15) is 9.59 Å². The minimum Gasteiger partial charge on any atom is -0.340 e. The number of thiophene rings is 1. The molecule has 116 valence electrons. The zero-order valence-corrected chi connectivity index (χ0v) is 14.3. The quantitative estimate of drug-likeness (QED) is 0.930.